The van der Waals surface area contributed by atoms with E-state index in [9.17, 15) is 13.2 Å². The number of aromatic carboxylic acids is 1. The molecule has 5 nitrogen and oxygen atoms in total. The van der Waals surface area contributed by atoms with Crippen LogP contribution in [0.3, 0.4) is 0 Å². The molecule has 2 aromatic rings. The third-order valence-corrected chi connectivity index (χ3v) is 5.52. The minimum Gasteiger partial charge on any atom is -0.477 e. The van der Waals surface area contributed by atoms with Gasteiger partial charge in [-0.15, -0.1) is 11.3 Å². The third-order valence-electron chi connectivity index (χ3n) is 3.00. The molecule has 1 atom stereocenters. The van der Waals surface area contributed by atoms with Crippen LogP contribution in [0, 0.1) is 0 Å². The lowest BCUT2D eigenvalue weighted by Crippen LogP contribution is -2.28. The highest BCUT2D eigenvalue weighted by molar-refractivity contribution is 7.89. The van der Waals surface area contributed by atoms with Crippen LogP contribution in [-0.4, -0.2) is 19.5 Å². The molecule has 0 radical (unpaired) electrons. The van der Waals surface area contributed by atoms with Crippen LogP contribution in [-0.2, 0) is 10.0 Å². The van der Waals surface area contributed by atoms with Crippen molar-refractivity contribution in [1.82, 2.24) is 4.72 Å². The molecule has 0 aliphatic carbocycles. The molecule has 7 heteroatoms. The van der Waals surface area contributed by atoms with Crippen molar-refractivity contribution in [3.63, 3.8) is 0 Å². The van der Waals surface area contributed by atoms with Gasteiger partial charge in [-0.05, 0) is 18.1 Å². The number of hydrogen-bond donors (Lipinski definition) is 2. The highest BCUT2D eigenvalue weighted by Crippen LogP contribution is 2.23. The standard InChI is InChI=1S/C14H15NO4S2/c1-2-12(10-6-4-3-5-7-10)15-21(18,19)11-8-13(14(16)17)20-9-11/h3-9,12,15H,2H2,1H3,(H,16,17). The van der Waals surface area contributed by atoms with Crippen LogP contribution in [0.1, 0.15) is 34.6 Å². The average molecular weight is 325 g/mol. The fourth-order valence-corrected chi connectivity index (χ4v) is 4.32. The van der Waals surface area contributed by atoms with Crippen LogP contribution in [0.25, 0.3) is 0 Å². The van der Waals surface area contributed by atoms with Gasteiger partial charge in [0.05, 0.1) is 4.90 Å². The summed E-state index contributed by atoms with van der Waals surface area (Å²) in [6, 6.07) is 10.1. The van der Waals surface area contributed by atoms with E-state index >= 15 is 0 Å². The summed E-state index contributed by atoms with van der Waals surface area (Å²) in [5.41, 5.74) is 0.872. The van der Waals surface area contributed by atoms with Crippen molar-refractivity contribution >= 4 is 27.3 Å². The number of thiophene rings is 1. The Morgan fingerprint density at radius 2 is 2.00 bits per heavy atom. The summed E-state index contributed by atoms with van der Waals surface area (Å²) in [6.45, 7) is 1.89. The van der Waals surface area contributed by atoms with Crippen LogP contribution in [0.5, 0.6) is 0 Å². The van der Waals surface area contributed by atoms with Crippen molar-refractivity contribution in [2.45, 2.75) is 24.3 Å². The summed E-state index contributed by atoms with van der Waals surface area (Å²) < 4.78 is 27.2. The Labute approximate surface area is 127 Å². The number of nitrogens with one attached hydrogen (secondary N) is 1. The van der Waals surface area contributed by atoms with E-state index in [0.717, 1.165) is 16.9 Å². The number of benzene rings is 1. The molecular formula is C14H15NO4S2. The predicted molar refractivity (Wildman–Crippen MR) is 81.1 cm³/mol. The number of carboxylic acids is 1. The van der Waals surface area contributed by atoms with Gasteiger partial charge >= 0.3 is 5.97 Å². The van der Waals surface area contributed by atoms with Crippen LogP contribution in [0.4, 0.5) is 0 Å². The van der Waals surface area contributed by atoms with Gasteiger partial charge in [0.25, 0.3) is 0 Å². The van der Waals surface area contributed by atoms with Crippen LogP contribution in [0.2, 0.25) is 0 Å². The molecule has 0 saturated carbocycles. The van der Waals surface area contributed by atoms with E-state index < -0.39 is 16.0 Å². The zero-order valence-corrected chi connectivity index (χ0v) is 12.9. The molecule has 0 aliphatic heterocycles. The molecule has 112 valence electrons. The fraction of sp³-hybridized carbons (Fsp3) is 0.214. The van der Waals surface area contributed by atoms with E-state index in [2.05, 4.69) is 4.72 Å². The summed E-state index contributed by atoms with van der Waals surface area (Å²) >= 11 is 0.896. The lowest BCUT2D eigenvalue weighted by atomic mass is 10.1. The summed E-state index contributed by atoms with van der Waals surface area (Å²) in [7, 11) is -3.74. The van der Waals surface area contributed by atoms with Gasteiger partial charge in [-0.25, -0.2) is 17.9 Å². The minimum absolute atomic E-state index is 0.00290. The van der Waals surface area contributed by atoms with E-state index in [1.54, 1.807) is 0 Å². The van der Waals surface area contributed by atoms with E-state index in [4.69, 9.17) is 5.11 Å². The second kappa shape index (κ2) is 6.38. The summed E-state index contributed by atoms with van der Waals surface area (Å²) in [5.74, 6) is -1.13. The first-order valence-electron chi connectivity index (χ1n) is 6.33. The Hall–Kier alpha value is -1.70. The molecule has 2 rings (SSSR count). The van der Waals surface area contributed by atoms with Gasteiger partial charge < -0.3 is 5.11 Å². The van der Waals surface area contributed by atoms with Gasteiger partial charge in [0, 0.05) is 11.4 Å². The molecule has 1 aromatic heterocycles. The normalized spacial score (nSPS) is 13.0. The Balaban J connectivity index is 2.25. The van der Waals surface area contributed by atoms with Crippen LogP contribution >= 0.6 is 11.3 Å². The van der Waals surface area contributed by atoms with E-state index in [1.807, 2.05) is 37.3 Å². The van der Waals surface area contributed by atoms with E-state index in [-0.39, 0.29) is 15.8 Å². The monoisotopic (exact) mass is 325 g/mol. The highest BCUT2D eigenvalue weighted by atomic mass is 32.2. The molecule has 1 aromatic carbocycles. The van der Waals surface area contributed by atoms with Gasteiger partial charge in [0.15, 0.2) is 0 Å². The molecule has 21 heavy (non-hydrogen) atoms. The molecule has 0 spiro atoms. The number of carbonyl (C=O) groups is 1. The average Bonchev–Trinajstić information content (AvgIpc) is 2.96. The zero-order chi connectivity index (χ0) is 15.5. The van der Waals surface area contributed by atoms with Gasteiger partial charge in [-0.1, -0.05) is 37.3 Å². The number of sulfonamides is 1. The molecule has 1 heterocycles. The lowest BCUT2D eigenvalue weighted by molar-refractivity contribution is 0.0702. The Kier molecular flexibility index (Phi) is 4.76. The molecule has 0 saturated heterocycles. The molecule has 0 aliphatic rings. The van der Waals surface area contributed by atoms with Crippen molar-refractivity contribution in [3.05, 3.63) is 52.2 Å². The lowest BCUT2D eigenvalue weighted by Gasteiger charge is -2.16. The molecule has 0 amide bonds. The minimum atomic E-state index is -3.74. The smallest absolute Gasteiger partial charge is 0.345 e. The first-order chi connectivity index (χ1) is 9.94. The quantitative estimate of drug-likeness (QED) is 0.855. The van der Waals surface area contributed by atoms with Gasteiger partial charge in [0.1, 0.15) is 4.88 Å². The molecule has 2 N–H and O–H groups in total. The maximum Gasteiger partial charge on any atom is 0.345 e. The first kappa shape index (κ1) is 15.7. The highest BCUT2D eigenvalue weighted by Gasteiger charge is 2.22. The maximum atomic E-state index is 12.3. The van der Waals surface area contributed by atoms with Gasteiger partial charge in [-0.3, -0.25) is 0 Å². The summed E-state index contributed by atoms with van der Waals surface area (Å²) in [5, 5.41) is 10.2. The first-order valence-corrected chi connectivity index (χ1v) is 8.69. The Morgan fingerprint density at radius 3 is 2.52 bits per heavy atom. The largest absolute Gasteiger partial charge is 0.477 e. The van der Waals surface area contributed by atoms with Crippen molar-refractivity contribution in [2.75, 3.05) is 0 Å². The van der Waals surface area contributed by atoms with Crippen LogP contribution < -0.4 is 4.72 Å². The maximum absolute atomic E-state index is 12.3. The molecular weight excluding hydrogens is 310 g/mol. The topological polar surface area (TPSA) is 83.5 Å². The molecule has 0 bridgehead atoms. The Morgan fingerprint density at radius 1 is 1.33 bits per heavy atom. The van der Waals surface area contributed by atoms with Crippen LogP contribution in [0.15, 0.2) is 46.7 Å². The summed E-state index contributed by atoms with van der Waals surface area (Å²) in [4.78, 5) is 10.8. The molecule has 1 unspecified atom stereocenters. The zero-order valence-electron chi connectivity index (χ0n) is 11.3. The van der Waals surface area contributed by atoms with Crippen molar-refractivity contribution in [3.8, 4) is 0 Å². The summed E-state index contributed by atoms with van der Waals surface area (Å²) in [6.07, 6.45) is 0.596. The predicted octanol–water partition coefficient (Wildman–Crippen LogP) is 2.88. The van der Waals surface area contributed by atoms with Gasteiger partial charge in [0.2, 0.25) is 10.0 Å². The van der Waals surface area contributed by atoms with Crippen molar-refractivity contribution in [2.24, 2.45) is 0 Å². The number of rotatable bonds is 6. The second-order valence-corrected chi connectivity index (χ2v) is 7.07. The number of carboxylic acid groups (broad SMARTS) is 1. The number of hydrogen-bond acceptors (Lipinski definition) is 4. The fourth-order valence-electron chi connectivity index (χ4n) is 1.90. The van der Waals surface area contributed by atoms with E-state index in [0.29, 0.717) is 6.42 Å². The van der Waals surface area contributed by atoms with Crippen molar-refractivity contribution < 1.29 is 18.3 Å². The SMILES string of the molecule is CCC(NS(=O)(=O)c1csc(C(=O)O)c1)c1ccccc1. The third kappa shape index (κ3) is 3.69. The second-order valence-electron chi connectivity index (χ2n) is 4.44. The van der Waals surface area contributed by atoms with Crippen molar-refractivity contribution in [1.29, 1.82) is 0 Å². The van der Waals surface area contributed by atoms with Gasteiger partial charge in [-0.2, -0.15) is 0 Å². The Bertz CT molecular complexity index is 722. The molecule has 0 fully saturated rings. The van der Waals surface area contributed by atoms with E-state index in [1.165, 1.54) is 11.4 Å².